The second kappa shape index (κ2) is 7.96. The fourth-order valence-corrected chi connectivity index (χ4v) is 4.46. The minimum atomic E-state index is -3.32. The molecule has 2 aromatic carbocycles. The zero-order valence-electron chi connectivity index (χ0n) is 15.9. The highest BCUT2D eigenvalue weighted by Crippen LogP contribution is 2.25. The molecule has 0 spiro atoms. The molecule has 7 nitrogen and oxygen atoms in total. The lowest BCUT2D eigenvalue weighted by Gasteiger charge is -2.08. The number of anilines is 1. The Morgan fingerprint density at radius 1 is 1.13 bits per heavy atom. The van der Waals surface area contributed by atoms with E-state index in [0.717, 1.165) is 11.8 Å². The van der Waals surface area contributed by atoms with Crippen LogP contribution in [0.15, 0.2) is 53.9 Å². The molecular weight excluding hydrogens is 427 g/mol. The van der Waals surface area contributed by atoms with E-state index < -0.39 is 9.84 Å². The van der Waals surface area contributed by atoms with E-state index in [4.69, 9.17) is 0 Å². The normalized spacial score (nSPS) is 11.7. The molecule has 0 saturated carbocycles. The molecule has 154 valence electrons. The number of benzene rings is 2. The first-order chi connectivity index (χ1) is 14.3. The highest BCUT2D eigenvalue weighted by Gasteiger charge is 2.18. The minimum absolute atomic E-state index is 0.100. The van der Waals surface area contributed by atoms with Crippen LogP contribution in [0.3, 0.4) is 0 Å². The number of para-hydroxylation sites is 2. The number of hydrogen-bond acceptors (Lipinski definition) is 6. The molecular formula is C20H17FN4O3S2. The van der Waals surface area contributed by atoms with Crippen molar-refractivity contribution < 1.29 is 17.6 Å². The summed E-state index contributed by atoms with van der Waals surface area (Å²) in [5.41, 5.74) is 2.67. The number of nitrogens with zero attached hydrogens (tertiary/aromatic N) is 3. The molecule has 2 aromatic heterocycles. The van der Waals surface area contributed by atoms with Gasteiger partial charge in [-0.25, -0.2) is 22.8 Å². The van der Waals surface area contributed by atoms with Crippen molar-refractivity contribution in [3.63, 3.8) is 0 Å². The highest BCUT2D eigenvalue weighted by atomic mass is 32.2. The molecule has 1 amide bonds. The lowest BCUT2D eigenvalue weighted by Crippen LogP contribution is -2.21. The zero-order valence-corrected chi connectivity index (χ0v) is 17.5. The van der Waals surface area contributed by atoms with Gasteiger partial charge in [0, 0.05) is 17.2 Å². The molecule has 0 unspecified atom stereocenters. The summed E-state index contributed by atoms with van der Waals surface area (Å²) in [4.78, 5) is 21.4. The van der Waals surface area contributed by atoms with Crippen LogP contribution in [-0.2, 0) is 26.9 Å². The van der Waals surface area contributed by atoms with E-state index >= 15 is 0 Å². The number of carbonyl (C=O) groups is 1. The molecule has 1 N–H and O–H groups in total. The molecule has 0 aliphatic carbocycles. The van der Waals surface area contributed by atoms with Gasteiger partial charge in [0.1, 0.15) is 23.9 Å². The van der Waals surface area contributed by atoms with Gasteiger partial charge in [-0.15, -0.1) is 11.3 Å². The van der Waals surface area contributed by atoms with Crippen molar-refractivity contribution in [2.45, 2.75) is 12.3 Å². The number of imidazole rings is 1. The maximum atomic E-state index is 13.1. The Kier molecular flexibility index (Phi) is 5.35. The molecule has 0 aliphatic heterocycles. The van der Waals surface area contributed by atoms with Crippen LogP contribution < -0.4 is 5.32 Å². The van der Waals surface area contributed by atoms with Crippen molar-refractivity contribution in [3.05, 3.63) is 65.6 Å². The van der Waals surface area contributed by atoms with Gasteiger partial charge in [0.15, 0.2) is 15.0 Å². The van der Waals surface area contributed by atoms with E-state index in [1.54, 1.807) is 46.3 Å². The average Bonchev–Trinajstić information content (AvgIpc) is 3.26. The van der Waals surface area contributed by atoms with E-state index in [-0.39, 0.29) is 24.0 Å². The monoisotopic (exact) mass is 444 g/mol. The van der Waals surface area contributed by atoms with Crippen molar-refractivity contribution in [2.24, 2.45) is 0 Å². The largest absolute Gasteiger partial charge is 0.318 e. The number of halogens is 1. The third-order valence-corrected chi connectivity index (χ3v) is 5.86. The lowest BCUT2D eigenvalue weighted by molar-refractivity contribution is -0.116. The summed E-state index contributed by atoms with van der Waals surface area (Å²) in [6.45, 7) is -0.100. The standard InChI is InChI=1S/C20H17FN4O3S2/c1-30(27,28)12-18-22-15-4-2-3-5-17(15)25(18)10-19(26)24-20-23-16(11-29-20)13-6-8-14(21)9-7-13/h2-9,11H,10,12H2,1H3,(H,23,24,26). The predicted octanol–water partition coefficient (Wildman–Crippen LogP) is 3.48. The van der Waals surface area contributed by atoms with Crippen LogP contribution in [0.4, 0.5) is 9.52 Å². The van der Waals surface area contributed by atoms with E-state index in [2.05, 4.69) is 15.3 Å². The number of nitrogens with one attached hydrogen (secondary N) is 1. The van der Waals surface area contributed by atoms with Gasteiger partial charge >= 0.3 is 0 Å². The second-order valence-electron chi connectivity index (χ2n) is 6.77. The first-order valence-electron chi connectivity index (χ1n) is 8.92. The third-order valence-electron chi connectivity index (χ3n) is 4.32. The summed E-state index contributed by atoms with van der Waals surface area (Å²) < 4.78 is 38.2. The maximum Gasteiger partial charge on any atom is 0.246 e. The van der Waals surface area contributed by atoms with Crippen LogP contribution in [0.25, 0.3) is 22.3 Å². The Morgan fingerprint density at radius 3 is 2.60 bits per heavy atom. The molecule has 0 saturated heterocycles. The van der Waals surface area contributed by atoms with Crippen LogP contribution >= 0.6 is 11.3 Å². The zero-order chi connectivity index (χ0) is 21.3. The van der Waals surface area contributed by atoms with E-state index in [9.17, 15) is 17.6 Å². The molecule has 0 fully saturated rings. The van der Waals surface area contributed by atoms with Gasteiger partial charge in [0.25, 0.3) is 0 Å². The van der Waals surface area contributed by atoms with Crippen LogP contribution in [0.2, 0.25) is 0 Å². The van der Waals surface area contributed by atoms with Gasteiger partial charge in [-0.2, -0.15) is 0 Å². The number of carbonyl (C=O) groups excluding carboxylic acids is 1. The second-order valence-corrected chi connectivity index (χ2v) is 9.76. The van der Waals surface area contributed by atoms with Crippen LogP contribution in [0, 0.1) is 5.82 Å². The van der Waals surface area contributed by atoms with Gasteiger partial charge in [-0.1, -0.05) is 12.1 Å². The number of sulfone groups is 1. The van der Waals surface area contributed by atoms with Gasteiger partial charge in [-0.05, 0) is 36.4 Å². The molecule has 0 aliphatic rings. The van der Waals surface area contributed by atoms with Crippen LogP contribution in [0.1, 0.15) is 5.82 Å². The lowest BCUT2D eigenvalue weighted by atomic mass is 10.2. The van der Waals surface area contributed by atoms with Gasteiger partial charge in [0.2, 0.25) is 5.91 Å². The summed E-state index contributed by atoms with van der Waals surface area (Å²) in [6, 6.07) is 13.1. The molecule has 30 heavy (non-hydrogen) atoms. The average molecular weight is 445 g/mol. The summed E-state index contributed by atoms with van der Waals surface area (Å²) in [5.74, 6) is -0.645. The molecule has 2 heterocycles. The number of rotatable bonds is 6. The SMILES string of the molecule is CS(=O)(=O)Cc1nc2ccccc2n1CC(=O)Nc1nc(-c2ccc(F)cc2)cs1. The fraction of sp³-hybridized carbons (Fsp3) is 0.150. The predicted molar refractivity (Wildman–Crippen MR) is 114 cm³/mol. The van der Waals surface area contributed by atoms with Crippen molar-refractivity contribution in [3.8, 4) is 11.3 Å². The van der Waals surface area contributed by atoms with Crippen molar-refractivity contribution in [2.75, 3.05) is 11.6 Å². The van der Waals surface area contributed by atoms with E-state index in [1.807, 2.05) is 0 Å². The summed E-state index contributed by atoms with van der Waals surface area (Å²) >= 11 is 1.25. The number of fused-ring (bicyclic) bond motifs is 1. The summed E-state index contributed by atoms with van der Waals surface area (Å²) in [7, 11) is -3.32. The van der Waals surface area contributed by atoms with Crippen molar-refractivity contribution in [1.29, 1.82) is 0 Å². The fourth-order valence-electron chi connectivity index (χ4n) is 3.03. The Hall–Kier alpha value is -3.11. The summed E-state index contributed by atoms with van der Waals surface area (Å²) in [5, 5.41) is 4.90. The first-order valence-corrected chi connectivity index (χ1v) is 11.9. The Morgan fingerprint density at radius 2 is 1.87 bits per heavy atom. The molecule has 4 aromatic rings. The molecule has 4 rings (SSSR count). The number of amides is 1. The van der Waals surface area contributed by atoms with Gasteiger partial charge in [-0.3, -0.25) is 4.79 Å². The number of thiazole rings is 1. The Bertz CT molecular complexity index is 1330. The Balaban J connectivity index is 1.55. The molecule has 0 bridgehead atoms. The van der Waals surface area contributed by atoms with E-state index in [1.165, 1.54) is 23.5 Å². The maximum absolute atomic E-state index is 13.1. The minimum Gasteiger partial charge on any atom is -0.318 e. The van der Waals surface area contributed by atoms with Gasteiger partial charge in [0.05, 0.1) is 16.7 Å². The van der Waals surface area contributed by atoms with Crippen LogP contribution in [-0.4, -0.2) is 35.1 Å². The number of hydrogen-bond donors (Lipinski definition) is 1. The quantitative estimate of drug-likeness (QED) is 0.491. The van der Waals surface area contributed by atoms with Gasteiger partial charge < -0.3 is 9.88 Å². The summed E-state index contributed by atoms with van der Waals surface area (Å²) in [6.07, 6.45) is 1.13. The van der Waals surface area contributed by atoms with Crippen molar-refractivity contribution in [1.82, 2.24) is 14.5 Å². The first kappa shape index (κ1) is 20.2. The van der Waals surface area contributed by atoms with Crippen molar-refractivity contribution >= 4 is 43.2 Å². The van der Waals surface area contributed by atoms with Crippen LogP contribution in [0.5, 0.6) is 0 Å². The highest BCUT2D eigenvalue weighted by molar-refractivity contribution is 7.89. The Labute approximate surface area is 176 Å². The topological polar surface area (TPSA) is 94.0 Å². The molecule has 0 atom stereocenters. The van der Waals surface area contributed by atoms with E-state index in [0.29, 0.717) is 27.7 Å². The smallest absolute Gasteiger partial charge is 0.246 e. The molecule has 0 radical (unpaired) electrons. The number of aromatic nitrogens is 3. The third kappa shape index (κ3) is 4.55. The molecule has 10 heteroatoms.